The van der Waals surface area contributed by atoms with Gasteiger partial charge in [0, 0.05) is 24.3 Å². The van der Waals surface area contributed by atoms with Crippen molar-refractivity contribution in [3.05, 3.63) is 29.3 Å². The van der Waals surface area contributed by atoms with E-state index >= 15 is 0 Å². The van der Waals surface area contributed by atoms with Crippen LogP contribution in [0.25, 0.3) is 0 Å². The van der Waals surface area contributed by atoms with E-state index in [1.165, 1.54) is 0 Å². The van der Waals surface area contributed by atoms with Crippen LogP contribution in [0, 0.1) is 12.3 Å². The van der Waals surface area contributed by atoms with E-state index < -0.39 is 9.84 Å². The van der Waals surface area contributed by atoms with E-state index in [-0.39, 0.29) is 17.3 Å². The van der Waals surface area contributed by atoms with Crippen LogP contribution in [0.2, 0.25) is 0 Å². The van der Waals surface area contributed by atoms with E-state index in [9.17, 15) is 8.42 Å². The molecule has 0 amide bonds. The molecule has 1 aromatic rings. The van der Waals surface area contributed by atoms with Gasteiger partial charge in [0.05, 0.1) is 11.5 Å². The summed E-state index contributed by atoms with van der Waals surface area (Å²) < 4.78 is 22.8. The average molecular weight is 267 g/mol. The molecule has 0 radical (unpaired) electrons. The number of nitrogens with two attached hydrogens (primary N) is 1. The summed E-state index contributed by atoms with van der Waals surface area (Å²) >= 11 is 0. The third kappa shape index (κ3) is 2.64. The van der Waals surface area contributed by atoms with Gasteiger partial charge in [-0.05, 0) is 24.6 Å². The monoisotopic (exact) mass is 267 g/mol. The number of hydrogen-bond acceptors (Lipinski definition) is 4. The zero-order valence-corrected chi connectivity index (χ0v) is 11.1. The van der Waals surface area contributed by atoms with E-state index in [4.69, 9.17) is 11.1 Å². The number of amidine groups is 1. The van der Waals surface area contributed by atoms with Crippen LogP contribution < -0.4 is 10.6 Å². The Morgan fingerprint density at radius 1 is 1.33 bits per heavy atom. The summed E-state index contributed by atoms with van der Waals surface area (Å²) in [6.07, 6.45) is 0. The largest absolute Gasteiger partial charge is 0.384 e. The molecule has 0 unspecified atom stereocenters. The Kier molecular flexibility index (Phi) is 3.30. The van der Waals surface area contributed by atoms with Crippen molar-refractivity contribution in [3.8, 4) is 0 Å². The molecule has 1 fully saturated rings. The highest BCUT2D eigenvalue weighted by Crippen LogP contribution is 2.23. The summed E-state index contributed by atoms with van der Waals surface area (Å²) in [5.41, 5.74) is 8.16. The molecule has 0 atom stereocenters. The third-order valence-electron chi connectivity index (χ3n) is 3.13. The van der Waals surface area contributed by atoms with Crippen molar-refractivity contribution in [2.45, 2.75) is 6.92 Å². The number of nitrogens with zero attached hydrogens (tertiary/aromatic N) is 1. The number of anilines is 1. The van der Waals surface area contributed by atoms with Crippen molar-refractivity contribution < 1.29 is 8.42 Å². The molecule has 0 aromatic heterocycles. The lowest BCUT2D eigenvalue weighted by Gasteiger charge is -2.30. The molecular weight excluding hydrogens is 250 g/mol. The summed E-state index contributed by atoms with van der Waals surface area (Å²) in [5, 5.41) is 7.58. The van der Waals surface area contributed by atoms with Crippen LogP contribution >= 0.6 is 0 Å². The Bertz CT molecular complexity index is 567. The third-order valence-corrected chi connectivity index (χ3v) is 4.74. The lowest BCUT2D eigenvalue weighted by Crippen LogP contribution is -2.41. The molecule has 1 heterocycles. The second kappa shape index (κ2) is 4.61. The molecule has 0 spiro atoms. The van der Waals surface area contributed by atoms with Gasteiger partial charge in [-0.3, -0.25) is 5.41 Å². The highest BCUT2D eigenvalue weighted by molar-refractivity contribution is 7.91. The summed E-state index contributed by atoms with van der Waals surface area (Å²) in [7, 11) is -2.89. The fourth-order valence-electron chi connectivity index (χ4n) is 2.08. The molecular formula is C12H17N3O2S. The predicted molar refractivity (Wildman–Crippen MR) is 73.1 cm³/mol. The second-order valence-corrected chi connectivity index (χ2v) is 6.88. The first kappa shape index (κ1) is 12.9. The van der Waals surface area contributed by atoms with E-state index in [0.717, 1.165) is 11.3 Å². The summed E-state index contributed by atoms with van der Waals surface area (Å²) in [4.78, 5) is 1.99. The molecule has 98 valence electrons. The molecule has 1 aliphatic rings. The van der Waals surface area contributed by atoms with Gasteiger partial charge in [0.2, 0.25) is 0 Å². The van der Waals surface area contributed by atoms with Gasteiger partial charge in [-0.1, -0.05) is 6.07 Å². The van der Waals surface area contributed by atoms with Crippen LogP contribution in [-0.4, -0.2) is 38.8 Å². The van der Waals surface area contributed by atoms with Crippen LogP contribution in [-0.2, 0) is 9.84 Å². The highest BCUT2D eigenvalue weighted by atomic mass is 32.2. The predicted octanol–water partition coefficient (Wildman–Crippen LogP) is 0.514. The van der Waals surface area contributed by atoms with Gasteiger partial charge in [0.1, 0.15) is 5.84 Å². The molecule has 1 aliphatic heterocycles. The minimum Gasteiger partial charge on any atom is -0.384 e. The maximum absolute atomic E-state index is 11.4. The van der Waals surface area contributed by atoms with Crippen molar-refractivity contribution in [1.82, 2.24) is 0 Å². The fraction of sp³-hybridized carbons (Fsp3) is 0.417. The van der Waals surface area contributed by atoms with E-state index in [1.807, 2.05) is 30.0 Å². The lowest BCUT2D eigenvalue weighted by molar-refractivity contribution is 0.587. The van der Waals surface area contributed by atoms with Gasteiger partial charge in [0.25, 0.3) is 0 Å². The number of aryl methyl sites for hydroxylation is 1. The Morgan fingerprint density at radius 3 is 2.50 bits per heavy atom. The van der Waals surface area contributed by atoms with Gasteiger partial charge in [-0.15, -0.1) is 0 Å². The van der Waals surface area contributed by atoms with Crippen molar-refractivity contribution in [2.24, 2.45) is 5.73 Å². The molecule has 0 saturated carbocycles. The Hall–Kier alpha value is -1.56. The number of nitrogens with one attached hydrogen (secondary N) is 1. The molecule has 5 nitrogen and oxygen atoms in total. The molecule has 1 aromatic carbocycles. The smallest absolute Gasteiger partial charge is 0.153 e. The lowest BCUT2D eigenvalue weighted by atomic mass is 10.1. The van der Waals surface area contributed by atoms with Crippen LogP contribution in [0.4, 0.5) is 5.69 Å². The zero-order chi connectivity index (χ0) is 13.3. The van der Waals surface area contributed by atoms with Crippen LogP contribution in [0.15, 0.2) is 18.2 Å². The van der Waals surface area contributed by atoms with E-state index in [2.05, 4.69) is 0 Å². The molecule has 0 bridgehead atoms. The number of nitrogen functional groups attached to an aromatic ring is 1. The number of hydrogen-bond donors (Lipinski definition) is 2. The summed E-state index contributed by atoms with van der Waals surface area (Å²) in [6.45, 7) is 2.90. The van der Waals surface area contributed by atoms with Crippen LogP contribution in [0.1, 0.15) is 11.1 Å². The fourth-order valence-corrected chi connectivity index (χ4v) is 3.29. The first-order valence-electron chi connectivity index (χ1n) is 5.79. The van der Waals surface area contributed by atoms with Gasteiger partial charge in [-0.25, -0.2) is 8.42 Å². The molecule has 6 heteroatoms. The van der Waals surface area contributed by atoms with Crippen molar-refractivity contribution in [1.29, 1.82) is 5.41 Å². The van der Waals surface area contributed by atoms with Crippen molar-refractivity contribution in [2.75, 3.05) is 29.5 Å². The standard InChI is InChI=1S/C12H17N3O2S/c1-9-2-3-10(12(13)14)11(8-9)15-4-6-18(16,17)7-5-15/h2-3,8H,4-7H2,1H3,(H3,13,14). The van der Waals surface area contributed by atoms with Gasteiger partial charge in [-0.2, -0.15) is 0 Å². The maximum atomic E-state index is 11.4. The SMILES string of the molecule is Cc1ccc(C(=N)N)c(N2CCS(=O)(=O)CC2)c1. The number of rotatable bonds is 2. The quantitative estimate of drug-likeness (QED) is 0.604. The summed E-state index contributed by atoms with van der Waals surface area (Å²) in [6, 6.07) is 5.67. The topological polar surface area (TPSA) is 87.2 Å². The van der Waals surface area contributed by atoms with E-state index in [1.54, 1.807) is 0 Å². The van der Waals surface area contributed by atoms with Gasteiger partial charge < -0.3 is 10.6 Å². The average Bonchev–Trinajstić information content (AvgIpc) is 2.28. The first-order valence-corrected chi connectivity index (χ1v) is 7.61. The van der Waals surface area contributed by atoms with Crippen LogP contribution in [0.5, 0.6) is 0 Å². The highest BCUT2D eigenvalue weighted by Gasteiger charge is 2.23. The zero-order valence-electron chi connectivity index (χ0n) is 10.3. The number of sulfone groups is 1. The molecule has 2 rings (SSSR count). The minimum absolute atomic E-state index is 0.0124. The first-order chi connectivity index (χ1) is 8.39. The molecule has 3 N–H and O–H groups in total. The molecule has 18 heavy (non-hydrogen) atoms. The Labute approximate surface area is 107 Å². The van der Waals surface area contributed by atoms with Crippen molar-refractivity contribution in [3.63, 3.8) is 0 Å². The van der Waals surface area contributed by atoms with Crippen LogP contribution in [0.3, 0.4) is 0 Å². The summed E-state index contributed by atoms with van der Waals surface area (Å²) in [5.74, 6) is 0.342. The number of benzene rings is 1. The Morgan fingerprint density at radius 2 is 1.94 bits per heavy atom. The molecule has 1 saturated heterocycles. The van der Waals surface area contributed by atoms with E-state index in [0.29, 0.717) is 18.7 Å². The Balaban J connectivity index is 2.33. The maximum Gasteiger partial charge on any atom is 0.153 e. The van der Waals surface area contributed by atoms with Gasteiger partial charge >= 0.3 is 0 Å². The second-order valence-electron chi connectivity index (χ2n) is 4.57. The molecule has 0 aliphatic carbocycles. The van der Waals surface area contributed by atoms with Crippen molar-refractivity contribution >= 4 is 21.4 Å². The normalized spacial score (nSPS) is 18.6. The minimum atomic E-state index is -2.89. The van der Waals surface area contributed by atoms with Gasteiger partial charge in [0.15, 0.2) is 9.84 Å².